The number of nitrogens with zero attached hydrogens (tertiary/aromatic N) is 1. The Balaban J connectivity index is 1.90. The highest BCUT2D eigenvalue weighted by Gasteiger charge is 2.30. The van der Waals surface area contributed by atoms with Gasteiger partial charge in [-0.1, -0.05) is 17.7 Å². The molecular formula is C18H21N3O6S2. The van der Waals surface area contributed by atoms with E-state index in [0.717, 1.165) is 17.2 Å². The minimum absolute atomic E-state index is 0.0186. The van der Waals surface area contributed by atoms with E-state index in [1.807, 2.05) is 13.0 Å². The van der Waals surface area contributed by atoms with Crippen molar-refractivity contribution in [1.29, 1.82) is 0 Å². The molecule has 2 aromatic rings. The number of nitro benzene ring substituents is 1. The molecule has 0 saturated carbocycles. The van der Waals surface area contributed by atoms with Crippen molar-refractivity contribution in [2.45, 2.75) is 31.2 Å². The lowest BCUT2D eigenvalue weighted by atomic mass is 10.1. The van der Waals surface area contributed by atoms with Crippen LogP contribution >= 0.6 is 0 Å². The minimum Gasteiger partial charge on any atom is -0.376 e. The number of rotatable bonds is 6. The highest BCUT2D eigenvalue weighted by atomic mass is 32.2. The maximum absolute atomic E-state index is 12.7. The molecule has 9 nitrogen and oxygen atoms in total. The van der Waals surface area contributed by atoms with Crippen molar-refractivity contribution in [3.05, 3.63) is 57.6 Å². The Labute approximate surface area is 169 Å². The molecule has 1 atom stereocenters. The van der Waals surface area contributed by atoms with E-state index in [-0.39, 0.29) is 22.1 Å². The summed E-state index contributed by atoms with van der Waals surface area (Å²) in [5, 5.41) is 14.3. The summed E-state index contributed by atoms with van der Waals surface area (Å²) in [4.78, 5) is 10.5. The van der Waals surface area contributed by atoms with Crippen LogP contribution in [-0.4, -0.2) is 39.3 Å². The molecule has 2 N–H and O–H groups in total. The Hall–Kier alpha value is -2.66. The smallest absolute Gasteiger partial charge is 0.293 e. The largest absolute Gasteiger partial charge is 0.376 e. The Morgan fingerprint density at radius 3 is 2.38 bits per heavy atom. The summed E-state index contributed by atoms with van der Waals surface area (Å²) in [6.07, 6.45) is 0.341. The number of benzene rings is 2. The maximum Gasteiger partial charge on any atom is 0.293 e. The number of aryl methyl sites for hydroxylation is 2. The molecule has 0 amide bonds. The molecule has 0 radical (unpaired) electrons. The molecule has 1 fully saturated rings. The van der Waals surface area contributed by atoms with Gasteiger partial charge in [-0.2, -0.15) is 0 Å². The highest BCUT2D eigenvalue weighted by molar-refractivity contribution is 7.92. The van der Waals surface area contributed by atoms with E-state index in [2.05, 4.69) is 10.0 Å². The quantitative estimate of drug-likeness (QED) is 0.521. The van der Waals surface area contributed by atoms with Crippen molar-refractivity contribution in [3.8, 4) is 0 Å². The van der Waals surface area contributed by atoms with Gasteiger partial charge in [0.15, 0.2) is 9.84 Å². The minimum atomic E-state index is -4.05. The van der Waals surface area contributed by atoms with Gasteiger partial charge in [-0.25, -0.2) is 16.8 Å². The van der Waals surface area contributed by atoms with Crippen LogP contribution in [0.3, 0.4) is 0 Å². The van der Waals surface area contributed by atoms with Gasteiger partial charge in [-0.05, 0) is 44.0 Å². The van der Waals surface area contributed by atoms with Crippen molar-refractivity contribution in [2.24, 2.45) is 0 Å². The van der Waals surface area contributed by atoms with Gasteiger partial charge in [-0.15, -0.1) is 0 Å². The molecule has 1 saturated heterocycles. The van der Waals surface area contributed by atoms with Crippen molar-refractivity contribution in [2.75, 3.05) is 21.5 Å². The fourth-order valence-corrected chi connectivity index (χ4v) is 6.04. The molecule has 29 heavy (non-hydrogen) atoms. The van der Waals surface area contributed by atoms with Crippen LogP contribution in [0.15, 0.2) is 41.3 Å². The zero-order chi connectivity index (χ0) is 21.4. The third kappa shape index (κ3) is 4.85. The van der Waals surface area contributed by atoms with Crippen molar-refractivity contribution in [1.82, 2.24) is 0 Å². The second kappa shape index (κ2) is 7.64. The summed E-state index contributed by atoms with van der Waals surface area (Å²) in [5.74, 6) is -0.0940. The third-order valence-corrected chi connectivity index (χ3v) is 7.83. The van der Waals surface area contributed by atoms with Crippen LogP contribution in [0, 0.1) is 24.0 Å². The van der Waals surface area contributed by atoms with Gasteiger partial charge >= 0.3 is 0 Å². The molecule has 2 aromatic carbocycles. The Morgan fingerprint density at radius 2 is 1.79 bits per heavy atom. The molecule has 1 aliphatic heterocycles. The fraction of sp³-hybridized carbons (Fsp3) is 0.333. The standard InChI is InChI=1S/C18H21N3O6S2/c1-12-3-5-16(13(2)9-12)20-29(26,27)15-4-6-17(18(10-15)21(22)23)19-14-7-8-28(24,25)11-14/h3-6,9-10,14,19-20H,7-8,11H2,1-2H3. The van der Waals surface area contributed by atoms with E-state index in [4.69, 9.17) is 0 Å². The summed E-state index contributed by atoms with van der Waals surface area (Å²) in [5.41, 5.74) is 1.74. The number of nitrogens with one attached hydrogen (secondary N) is 2. The van der Waals surface area contributed by atoms with E-state index in [1.165, 1.54) is 12.1 Å². The van der Waals surface area contributed by atoms with Crippen LogP contribution in [0.25, 0.3) is 0 Å². The average molecular weight is 440 g/mol. The van der Waals surface area contributed by atoms with Crippen molar-refractivity contribution in [3.63, 3.8) is 0 Å². The van der Waals surface area contributed by atoms with Gasteiger partial charge < -0.3 is 5.32 Å². The lowest BCUT2D eigenvalue weighted by molar-refractivity contribution is -0.384. The van der Waals surface area contributed by atoms with Crippen LogP contribution in [0.5, 0.6) is 0 Å². The van der Waals surface area contributed by atoms with Crippen LogP contribution in [0.1, 0.15) is 17.5 Å². The first-order valence-electron chi connectivity index (χ1n) is 8.82. The molecule has 11 heteroatoms. The highest BCUT2D eigenvalue weighted by Crippen LogP contribution is 2.31. The van der Waals surface area contributed by atoms with Gasteiger partial charge in [0.05, 0.1) is 27.0 Å². The number of nitro groups is 1. The van der Waals surface area contributed by atoms with E-state index in [1.54, 1.807) is 19.1 Å². The Kier molecular flexibility index (Phi) is 5.54. The second-order valence-electron chi connectivity index (χ2n) is 7.10. The molecule has 1 aliphatic rings. The number of sulfone groups is 1. The molecule has 1 unspecified atom stereocenters. The number of hydrogen-bond donors (Lipinski definition) is 2. The van der Waals surface area contributed by atoms with Crippen LogP contribution in [-0.2, 0) is 19.9 Å². The summed E-state index contributed by atoms with van der Waals surface area (Å²) >= 11 is 0. The first kappa shape index (κ1) is 21.1. The monoisotopic (exact) mass is 439 g/mol. The molecule has 3 rings (SSSR count). The lowest BCUT2D eigenvalue weighted by Crippen LogP contribution is -2.21. The fourth-order valence-electron chi connectivity index (χ4n) is 3.21. The predicted octanol–water partition coefficient (Wildman–Crippen LogP) is 2.61. The number of sulfonamides is 1. The molecule has 0 aliphatic carbocycles. The summed E-state index contributed by atoms with van der Waals surface area (Å²) in [7, 11) is -7.21. The molecule has 1 heterocycles. The van der Waals surface area contributed by atoms with Crippen LogP contribution < -0.4 is 10.0 Å². The SMILES string of the molecule is Cc1ccc(NS(=O)(=O)c2ccc(NC3CCS(=O)(=O)C3)c([N+](=O)[O-])c2)c(C)c1. The Bertz CT molecular complexity index is 1180. The van der Waals surface area contributed by atoms with Crippen molar-refractivity contribution < 1.29 is 21.8 Å². The van der Waals surface area contributed by atoms with Gasteiger partial charge in [-0.3, -0.25) is 14.8 Å². The summed E-state index contributed by atoms with van der Waals surface area (Å²) in [6, 6.07) is 8.28. The Morgan fingerprint density at radius 1 is 1.10 bits per heavy atom. The zero-order valence-electron chi connectivity index (χ0n) is 15.9. The summed E-state index contributed by atoms with van der Waals surface area (Å²) in [6.45, 7) is 3.64. The topological polar surface area (TPSA) is 135 Å². The normalized spacial score (nSPS) is 18.3. The second-order valence-corrected chi connectivity index (χ2v) is 11.0. The predicted molar refractivity (Wildman–Crippen MR) is 111 cm³/mol. The van der Waals surface area contributed by atoms with Gasteiger partial charge in [0.2, 0.25) is 0 Å². The average Bonchev–Trinajstić information content (AvgIpc) is 2.96. The van der Waals surface area contributed by atoms with Gasteiger partial charge in [0.1, 0.15) is 5.69 Å². The van der Waals surface area contributed by atoms with E-state index < -0.39 is 36.5 Å². The van der Waals surface area contributed by atoms with Gasteiger partial charge in [0.25, 0.3) is 15.7 Å². The van der Waals surface area contributed by atoms with Crippen LogP contribution in [0.2, 0.25) is 0 Å². The van der Waals surface area contributed by atoms with E-state index in [9.17, 15) is 26.9 Å². The van der Waals surface area contributed by atoms with E-state index >= 15 is 0 Å². The summed E-state index contributed by atoms with van der Waals surface area (Å²) < 4.78 is 51.1. The van der Waals surface area contributed by atoms with E-state index in [0.29, 0.717) is 12.1 Å². The first-order chi connectivity index (χ1) is 13.5. The molecule has 156 valence electrons. The number of anilines is 2. The molecule has 0 spiro atoms. The molecular weight excluding hydrogens is 418 g/mol. The zero-order valence-corrected chi connectivity index (χ0v) is 17.5. The lowest BCUT2D eigenvalue weighted by Gasteiger charge is -2.14. The number of hydrogen-bond acceptors (Lipinski definition) is 7. The third-order valence-electron chi connectivity index (χ3n) is 4.69. The van der Waals surface area contributed by atoms with Gasteiger partial charge in [0, 0.05) is 12.1 Å². The molecule has 0 bridgehead atoms. The molecule has 0 aromatic heterocycles. The maximum atomic E-state index is 12.7. The first-order valence-corrected chi connectivity index (χ1v) is 12.1. The van der Waals surface area contributed by atoms with Crippen LogP contribution in [0.4, 0.5) is 17.1 Å². The van der Waals surface area contributed by atoms with Crippen molar-refractivity contribution >= 4 is 36.9 Å².